The number of ether oxygens (including phenoxy) is 2. The Labute approximate surface area is 216 Å². The monoisotopic (exact) mass is 504 g/mol. The molecule has 0 amide bonds. The fourth-order valence-corrected chi connectivity index (χ4v) is 6.43. The van der Waals surface area contributed by atoms with Crippen molar-refractivity contribution in [3.05, 3.63) is 46.8 Å². The first-order valence-corrected chi connectivity index (χ1v) is 13.4. The van der Waals surface area contributed by atoms with E-state index in [0.29, 0.717) is 23.5 Å². The highest BCUT2D eigenvalue weighted by molar-refractivity contribution is 5.85. The number of pyridine rings is 1. The van der Waals surface area contributed by atoms with Crippen LogP contribution in [0.25, 0.3) is 27.8 Å². The highest BCUT2D eigenvalue weighted by Gasteiger charge is 2.32. The fraction of sp³-hybridized carbons (Fsp3) is 0.536. The highest BCUT2D eigenvalue weighted by Crippen LogP contribution is 2.38. The molecule has 1 unspecified atom stereocenters. The van der Waals surface area contributed by atoms with Gasteiger partial charge in [-0.2, -0.15) is 5.10 Å². The minimum atomic E-state index is -0.0183. The van der Waals surface area contributed by atoms with Gasteiger partial charge in [0.1, 0.15) is 6.33 Å². The summed E-state index contributed by atoms with van der Waals surface area (Å²) < 4.78 is 14.9. The van der Waals surface area contributed by atoms with Crippen molar-refractivity contribution in [2.24, 2.45) is 0 Å². The van der Waals surface area contributed by atoms with Crippen LogP contribution in [0.4, 0.5) is 0 Å². The SMILES string of the molecule is COc1cc(-c2cc3[nH]c(=O)n(C4CCC(N5CCC(OC)C5)CC4)c3cc2C(C)C)cn2ncnc12. The number of fused-ring (bicyclic) bond motifs is 2. The Balaban J connectivity index is 1.34. The van der Waals surface area contributed by atoms with Crippen LogP contribution in [0.1, 0.15) is 63.5 Å². The van der Waals surface area contributed by atoms with E-state index in [1.54, 1.807) is 11.6 Å². The molecular formula is C28H36N6O3. The van der Waals surface area contributed by atoms with Gasteiger partial charge in [0.25, 0.3) is 0 Å². The molecule has 4 heterocycles. The van der Waals surface area contributed by atoms with Gasteiger partial charge in [0, 0.05) is 44.0 Å². The van der Waals surface area contributed by atoms with Crippen LogP contribution in [-0.4, -0.2) is 68.5 Å². The molecule has 1 N–H and O–H groups in total. The second-order valence-corrected chi connectivity index (χ2v) is 10.8. The largest absolute Gasteiger partial charge is 0.493 e. The number of benzene rings is 1. The van der Waals surface area contributed by atoms with Crippen LogP contribution in [0.3, 0.4) is 0 Å². The zero-order chi connectivity index (χ0) is 25.7. The summed E-state index contributed by atoms with van der Waals surface area (Å²) in [6.07, 6.45) is 9.26. The first kappa shape index (κ1) is 24.2. The van der Waals surface area contributed by atoms with E-state index in [1.165, 1.54) is 11.9 Å². The quantitative estimate of drug-likeness (QED) is 0.419. The number of nitrogens with one attached hydrogen (secondary N) is 1. The first-order chi connectivity index (χ1) is 18.0. The molecule has 196 valence electrons. The minimum Gasteiger partial charge on any atom is -0.493 e. The Bertz CT molecular complexity index is 1480. The molecule has 2 aliphatic rings. The lowest BCUT2D eigenvalue weighted by molar-refractivity contribution is 0.0921. The Hall–Kier alpha value is -3.17. The van der Waals surface area contributed by atoms with Gasteiger partial charge >= 0.3 is 5.69 Å². The van der Waals surface area contributed by atoms with E-state index in [-0.39, 0.29) is 17.6 Å². The van der Waals surface area contributed by atoms with Crippen molar-refractivity contribution >= 4 is 16.7 Å². The summed E-state index contributed by atoms with van der Waals surface area (Å²) in [5, 5.41) is 4.33. The van der Waals surface area contributed by atoms with Gasteiger partial charge in [0.05, 0.1) is 24.2 Å². The molecule has 9 heteroatoms. The number of H-pyrrole nitrogens is 1. The lowest BCUT2D eigenvalue weighted by atomic mass is 9.89. The van der Waals surface area contributed by atoms with E-state index in [0.717, 1.165) is 67.4 Å². The molecule has 0 spiro atoms. The number of rotatable bonds is 6. The minimum absolute atomic E-state index is 0.0183. The summed E-state index contributed by atoms with van der Waals surface area (Å²) >= 11 is 0. The van der Waals surface area contributed by atoms with E-state index in [2.05, 4.69) is 45.9 Å². The Kier molecular flexibility index (Phi) is 6.28. The zero-order valence-corrected chi connectivity index (χ0v) is 22.1. The molecule has 1 aliphatic carbocycles. The van der Waals surface area contributed by atoms with Crippen LogP contribution < -0.4 is 10.4 Å². The smallest absolute Gasteiger partial charge is 0.326 e. The third kappa shape index (κ3) is 4.24. The van der Waals surface area contributed by atoms with Crippen LogP contribution in [0.15, 0.2) is 35.5 Å². The van der Waals surface area contributed by atoms with Crippen molar-refractivity contribution in [3.63, 3.8) is 0 Å². The molecule has 3 aromatic heterocycles. The van der Waals surface area contributed by atoms with Gasteiger partial charge in [-0.05, 0) is 67.3 Å². The van der Waals surface area contributed by atoms with E-state index < -0.39 is 0 Å². The number of methoxy groups -OCH3 is 2. The highest BCUT2D eigenvalue weighted by atomic mass is 16.5. The number of aromatic nitrogens is 5. The van der Waals surface area contributed by atoms with Gasteiger partial charge in [-0.1, -0.05) is 13.8 Å². The Morgan fingerprint density at radius 3 is 2.54 bits per heavy atom. The van der Waals surface area contributed by atoms with Crippen molar-refractivity contribution in [2.45, 2.75) is 70.1 Å². The molecule has 1 aromatic carbocycles. The van der Waals surface area contributed by atoms with E-state index in [1.807, 2.05) is 23.9 Å². The van der Waals surface area contributed by atoms with Crippen LogP contribution >= 0.6 is 0 Å². The number of likely N-dealkylation sites (tertiary alicyclic amines) is 1. The van der Waals surface area contributed by atoms with Crippen molar-refractivity contribution < 1.29 is 9.47 Å². The van der Waals surface area contributed by atoms with Gasteiger partial charge < -0.3 is 14.5 Å². The molecule has 1 aliphatic heterocycles. The van der Waals surface area contributed by atoms with Gasteiger partial charge in [0.2, 0.25) is 0 Å². The molecule has 9 nitrogen and oxygen atoms in total. The number of hydrogen-bond acceptors (Lipinski definition) is 6. The summed E-state index contributed by atoms with van der Waals surface area (Å²) in [4.78, 5) is 23.3. The summed E-state index contributed by atoms with van der Waals surface area (Å²) in [6.45, 7) is 6.54. The van der Waals surface area contributed by atoms with Gasteiger partial charge in [-0.3, -0.25) is 9.47 Å². The number of nitrogens with zero attached hydrogens (tertiary/aromatic N) is 5. The number of aromatic amines is 1. The zero-order valence-electron chi connectivity index (χ0n) is 22.1. The Morgan fingerprint density at radius 1 is 1.05 bits per heavy atom. The first-order valence-electron chi connectivity index (χ1n) is 13.4. The predicted octanol–water partition coefficient (Wildman–Crippen LogP) is 4.38. The molecule has 1 saturated carbocycles. The molecule has 0 radical (unpaired) electrons. The standard InChI is InChI=1S/C28H36N6O3/c1-17(2)22-13-25-24(12-23(22)18-11-26(37-4)27-29-16-30-33(27)14-18)31-28(35)34(25)20-7-5-19(6-8-20)32-10-9-21(15-32)36-3/h11-14,16-17,19-21H,5-10,15H2,1-4H3,(H,31,35). The van der Waals surface area contributed by atoms with Crippen molar-refractivity contribution in [1.29, 1.82) is 0 Å². The average Bonchev–Trinajstić information content (AvgIpc) is 3.65. The van der Waals surface area contributed by atoms with E-state index in [9.17, 15) is 4.79 Å². The molecule has 4 aromatic rings. The summed E-state index contributed by atoms with van der Waals surface area (Å²) in [7, 11) is 3.46. The summed E-state index contributed by atoms with van der Waals surface area (Å²) in [5.41, 5.74) is 5.77. The summed E-state index contributed by atoms with van der Waals surface area (Å²) in [5.74, 6) is 0.942. The van der Waals surface area contributed by atoms with Gasteiger partial charge in [-0.25, -0.2) is 14.3 Å². The molecule has 6 rings (SSSR count). The lowest BCUT2D eigenvalue weighted by Gasteiger charge is -2.35. The van der Waals surface area contributed by atoms with Crippen LogP contribution in [0.2, 0.25) is 0 Å². The molecule has 1 saturated heterocycles. The third-order valence-electron chi connectivity index (χ3n) is 8.44. The maximum atomic E-state index is 13.3. The maximum absolute atomic E-state index is 13.3. The third-order valence-corrected chi connectivity index (χ3v) is 8.44. The van der Waals surface area contributed by atoms with Crippen LogP contribution in [-0.2, 0) is 4.74 Å². The van der Waals surface area contributed by atoms with Gasteiger partial charge in [-0.15, -0.1) is 0 Å². The Morgan fingerprint density at radius 2 is 1.84 bits per heavy atom. The molecular weight excluding hydrogens is 468 g/mol. The van der Waals surface area contributed by atoms with Crippen molar-refractivity contribution in [3.8, 4) is 16.9 Å². The average molecular weight is 505 g/mol. The number of imidazole rings is 1. The van der Waals surface area contributed by atoms with Crippen molar-refractivity contribution in [2.75, 3.05) is 27.3 Å². The van der Waals surface area contributed by atoms with Gasteiger partial charge in [0.15, 0.2) is 11.4 Å². The normalized spacial score (nSPS) is 23.0. The second kappa shape index (κ2) is 9.61. The topological polar surface area (TPSA) is 89.7 Å². The summed E-state index contributed by atoms with van der Waals surface area (Å²) in [6, 6.07) is 7.13. The fourth-order valence-electron chi connectivity index (χ4n) is 6.43. The van der Waals surface area contributed by atoms with Crippen LogP contribution in [0, 0.1) is 0 Å². The molecule has 1 atom stereocenters. The van der Waals surface area contributed by atoms with E-state index in [4.69, 9.17) is 9.47 Å². The van der Waals surface area contributed by atoms with E-state index >= 15 is 0 Å². The maximum Gasteiger partial charge on any atom is 0.326 e. The predicted molar refractivity (Wildman–Crippen MR) is 143 cm³/mol. The van der Waals surface area contributed by atoms with Crippen molar-refractivity contribution in [1.82, 2.24) is 29.0 Å². The lowest BCUT2D eigenvalue weighted by Crippen LogP contribution is -2.38. The molecule has 2 fully saturated rings. The molecule has 37 heavy (non-hydrogen) atoms. The number of hydrogen-bond donors (Lipinski definition) is 1. The second-order valence-electron chi connectivity index (χ2n) is 10.8. The molecule has 0 bridgehead atoms. The van der Waals surface area contributed by atoms with Crippen LogP contribution in [0.5, 0.6) is 5.75 Å².